The van der Waals surface area contributed by atoms with Crippen LogP contribution in [0.15, 0.2) is 72.8 Å². The van der Waals surface area contributed by atoms with E-state index in [0.717, 1.165) is 32.9 Å². The molecule has 110 valence electrons. The van der Waals surface area contributed by atoms with Crippen LogP contribution in [0.25, 0.3) is 22.3 Å². The molecule has 0 unspecified atom stereocenters. The number of alkyl halides is 2. The van der Waals surface area contributed by atoms with Crippen LogP contribution in [0.1, 0.15) is 12.5 Å². The van der Waals surface area contributed by atoms with Gasteiger partial charge < -0.3 is 0 Å². The molecule has 0 aliphatic rings. The van der Waals surface area contributed by atoms with Crippen molar-refractivity contribution in [3.8, 4) is 22.3 Å². The zero-order chi connectivity index (χ0) is 16.2. The van der Waals surface area contributed by atoms with Crippen LogP contribution in [-0.4, -0.2) is 0 Å². The van der Waals surface area contributed by atoms with Crippen LogP contribution in [0.2, 0.25) is 0 Å². The highest BCUT2D eigenvalue weighted by atomic mass is 79.9. The number of hydrogen-bond acceptors (Lipinski definition) is 0. The lowest BCUT2D eigenvalue weighted by Gasteiger charge is -2.07. The second kappa shape index (κ2) is 7.26. The molecule has 0 radical (unpaired) electrons. The smallest absolute Gasteiger partial charge is 0.0636 e. The summed E-state index contributed by atoms with van der Waals surface area (Å²) >= 11 is 6.93. The summed E-state index contributed by atoms with van der Waals surface area (Å²) in [5, 5.41) is 1.70. The van der Waals surface area contributed by atoms with Crippen LogP contribution < -0.4 is 0 Å². The lowest BCUT2D eigenvalue weighted by atomic mass is 9.98. The van der Waals surface area contributed by atoms with E-state index in [1.807, 2.05) is 18.2 Å². The summed E-state index contributed by atoms with van der Waals surface area (Å²) in [7, 11) is 0. The number of benzene rings is 3. The maximum Gasteiger partial charge on any atom is 0.0636 e. The Morgan fingerprint density at radius 3 is 1.36 bits per heavy atom. The van der Waals surface area contributed by atoms with Gasteiger partial charge in [0.05, 0.1) is 1.37 Å². The van der Waals surface area contributed by atoms with Gasteiger partial charge in [-0.05, 0) is 39.4 Å². The first kappa shape index (κ1) is 14.2. The van der Waals surface area contributed by atoms with E-state index in [2.05, 4.69) is 80.4 Å². The van der Waals surface area contributed by atoms with Crippen LogP contribution in [0, 0.1) is 0 Å². The minimum absolute atomic E-state index is 0.575. The molecule has 22 heavy (non-hydrogen) atoms. The third-order valence-electron chi connectivity index (χ3n) is 3.63. The van der Waals surface area contributed by atoms with Crippen LogP contribution in [0.5, 0.6) is 0 Å². The molecule has 0 spiro atoms. The minimum atomic E-state index is 0.575. The monoisotopic (exact) mass is 415 g/mol. The first-order chi connectivity index (χ1) is 11.2. The number of halogens is 2. The predicted octanol–water partition coefficient (Wildman–Crippen LogP) is 6.81. The molecule has 0 saturated carbocycles. The maximum absolute atomic E-state index is 8.60. The normalized spacial score (nSPS) is 11.3. The lowest BCUT2D eigenvalue weighted by Crippen LogP contribution is -1.83. The molecule has 0 amide bonds. The summed E-state index contributed by atoms with van der Waals surface area (Å²) in [6.07, 6.45) is 0. The zero-order valence-electron chi connectivity index (χ0n) is 13.0. The Labute approximate surface area is 149 Å². The summed E-state index contributed by atoms with van der Waals surface area (Å²) in [5.41, 5.74) is 6.57. The Kier molecular flexibility index (Phi) is 4.69. The van der Waals surface area contributed by atoms with E-state index in [0.29, 0.717) is 6.04 Å². The van der Waals surface area contributed by atoms with Crippen molar-refractivity contribution in [1.82, 2.24) is 0 Å². The van der Waals surface area contributed by atoms with Crippen LogP contribution in [0.3, 0.4) is 0 Å². The highest BCUT2D eigenvalue weighted by molar-refractivity contribution is 9.08. The van der Waals surface area contributed by atoms with E-state index in [1.54, 1.807) is 0 Å². The third-order valence-corrected chi connectivity index (χ3v) is 4.93. The molecular formula is C20H16Br2. The average molecular weight is 417 g/mol. The molecule has 0 fully saturated rings. The zero-order valence-corrected chi connectivity index (χ0v) is 15.2. The van der Waals surface area contributed by atoms with Crippen molar-refractivity contribution in [1.29, 1.82) is 0 Å². The van der Waals surface area contributed by atoms with E-state index in [9.17, 15) is 0 Å². The van der Waals surface area contributed by atoms with Crippen molar-refractivity contribution >= 4 is 31.9 Å². The molecule has 0 aromatic heterocycles. The molecule has 0 bridgehead atoms. The molecule has 0 heterocycles. The fraction of sp³-hybridized carbons (Fsp3) is 0.100. The van der Waals surface area contributed by atoms with Crippen LogP contribution in [0.4, 0.5) is 0 Å². The fourth-order valence-corrected chi connectivity index (χ4v) is 3.10. The van der Waals surface area contributed by atoms with Gasteiger partial charge in [0.15, 0.2) is 0 Å². The first-order valence-corrected chi connectivity index (χ1v) is 9.37. The molecule has 3 aromatic rings. The predicted molar refractivity (Wildman–Crippen MR) is 103 cm³/mol. The summed E-state index contributed by atoms with van der Waals surface area (Å²) in [6.45, 7) is 0. The van der Waals surface area contributed by atoms with Gasteiger partial charge in [0.2, 0.25) is 0 Å². The maximum atomic E-state index is 8.60. The highest BCUT2D eigenvalue weighted by Gasteiger charge is 2.02. The van der Waals surface area contributed by atoms with Gasteiger partial charge in [-0.15, -0.1) is 0 Å². The Morgan fingerprint density at radius 2 is 1.00 bits per heavy atom. The second-order valence-corrected chi connectivity index (χ2v) is 6.26. The largest absolute Gasteiger partial charge is 0.0876 e. The molecule has 0 nitrogen and oxygen atoms in total. The molecule has 3 aromatic carbocycles. The molecule has 3 rings (SSSR count). The van der Waals surface area contributed by atoms with Crippen molar-refractivity contribution in [2.75, 3.05) is 0 Å². The van der Waals surface area contributed by atoms with Gasteiger partial charge in [-0.25, -0.2) is 0 Å². The lowest BCUT2D eigenvalue weighted by molar-refractivity contribution is 1.43. The van der Waals surface area contributed by atoms with Gasteiger partial charge in [-0.2, -0.15) is 0 Å². The first-order valence-electron chi connectivity index (χ1n) is 7.63. The van der Waals surface area contributed by atoms with Crippen molar-refractivity contribution < 1.29 is 1.37 Å². The van der Waals surface area contributed by atoms with E-state index in [-0.39, 0.29) is 0 Å². The van der Waals surface area contributed by atoms with Gasteiger partial charge in [-0.1, -0.05) is 98.6 Å². The van der Waals surface area contributed by atoms with Gasteiger partial charge in [-0.3, -0.25) is 0 Å². The Bertz CT molecular complexity index is 727. The highest BCUT2D eigenvalue weighted by Crippen LogP contribution is 2.27. The quantitative estimate of drug-likeness (QED) is 0.409. The Balaban J connectivity index is 2.02. The SMILES string of the molecule is [2H]c1c(-c2ccc(CBr)cc2)cccc1-c1ccc(CBr)cc1. The van der Waals surface area contributed by atoms with Crippen LogP contribution in [-0.2, 0) is 10.7 Å². The molecule has 0 atom stereocenters. The Morgan fingerprint density at radius 1 is 0.591 bits per heavy atom. The summed E-state index contributed by atoms with van der Waals surface area (Å²) in [4.78, 5) is 0. The topological polar surface area (TPSA) is 0 Å². The van der Waals surface area contributed by atoms with E-state index < -0.39 is 0 Å². The van der Waals surface area contributed by atoms with Gasteiger partial charge in [0.1, 0.15) is 0 Å². The van der Waals surface area contributed by atoms with E-state index >= 15 is 0 Å². The van der Waals surface area contributed by atoms with Gasteiger partial charge >= 0.3 is 0 Å². The fourth-order valence-electron chi connectivity index (χ4n) is 2.35. The van der Waals surface area contributed by atoms with Crippen LogP contribution >= 0.6 is 31.9 Å². The molecular weight excluding hydrogens is 400 g/mol. The van der Waals surface area contributed by atoms with E-state index in [1.165, 1.54) is 11.1 Å². The number of hydrogen-bond donors (Lipinski definition) is 0. The van der Waals surface area contributed by atoms with Crippen molar-refractivity contribution in [2.45, 2.75) is 10.7 Å². The Hall–Kier alpha value is -1.38. The van der Waals surface area contributed by atoms with Crippen molar-refractivity contribution in [2.24, 2.45) is 0 Å². The van der Waals surface area contributed by atoms with Crippen molar-refractivity contribution in [3.05, 3.63) is 83.9 Å². The van der Waals surface area contributed by atoms with Crippen molar-refractivity contribution in [3.63, 3.8) is 0 Å². The summed E-state index contributed by atoms with van der Waals surface area (Å²) in [5.74, 6) is 0. The molecule has 2 heteroatoms. The average Bonchev–Trinajstić information content (AvgIpc) is 2.62. The number of rotatable bonds is 4. The molecule has 0 saturated heterocycles. The van der Waals surface area contributed by atoms with Gasteiger partial charge in [0, 0.05) is 10.7 Å². The molecule has 0 N–H and O–H groups in total. The summed E-state index contributed by atoms with van der Waals surface area (Å²) < 4.78 is 8.60. The van der Waals surface area contributed by atoms with Gasteiger partial charge in [0.25, 0.3) is 0 Å². The minimum Gasteiger partial charge on any atom is -0.0876 e. The standard InChI is InChI=1S/C20H16Br2/c21-13-15-4-8-17(9-5-15)19-2-1-3-20(12-19)18-10-6-16(14-22)7-11-18/h1-12H,13-14H2/i12D. The summed E-state index contributed by atoms with van der Waals surface area (Å²) in [6, 6.07) is 23.4. The molecule has 0 aliphatic heterocycles. The third kappa shape index (κ3) is 3.50. The second-order valence-electron chi connectivity index (χ2n) is 5.14. The molecule has 0 aliphatic carbocycles. The van der Waals surface area contributed by atoms with E-state index in [4.69, 9.17) is 1.37 Å².